The van der Waals surface area contributed by atoms with Gasteiger partial charge in [0.25, 0.3) is 0 Å². The molecule has 1 aliphatic rings. The fourth-order valence-corrected chi connectivity index (χ4v) is 1.50. The topological polar surface area (TPSA) is 46.1 Å². The van der Waals surface area contributed by atoms with Crippen molar-refractivity contribution in [2.75, 3.05) is 11.4 Å². The second-order valence-corrected chi connectivity index (χ2v) is 3.17. The number of nitrogens with zero attached hydrogens (tertiary/aromatic N) is 3. The Bertz CT molecular complexity index is 382. The van der Waals surface area contributed by atoms with Crippen molar-refractivity contribution >= 4 is 11.6 Å². The van der Waals surface area contributed by atoms with E-state index in [1.54, 1.807) is 17.3 Å². The average Bonchev–Trinajstić information content (AvgIpc) is 2.61. The zero-order valence-electron chi connectivity index (χ0n) is 7.55. The molecule has 1 unspecified atom stereocenters. The van der Waals surface area contributed by atoms with Crippen LogP contribution in [0.4, 0.5) is 5.69 Å². The number of rotatable bonds is 1. The Labute approximate surface area is 82.0 Å². The molecule has 1 saturated heterocycles. The Morgan fingerprint density at radius 3 is 2.79 bits per heavy atom. The van der Waals surface area contributed by atoms with E-state index < -0.39 is 0 Å². The van der Waals surface area contributed by atoms with Crippen molar-refractivity contribution in [3.63, 3.8) is 0 Å². The van der Waals surface area contributed by atoms with Crippen LogP contribution in [0.25, 0.3) is 0 Å². The van der Waals surface area contributed by atoms with Crippen molar-refractivity contribution in [3.05, 3.63) is 18.7 Å². The maximum Gasteiger partial charge on any atom is 0.228 e. The standard InChI is InChI=1S/C10H9N3O/c1-2-8-3-10(14)13(6-8)9-4-11-7-12-5-9/h1,4-5,7-8H,3,6H2. The number of carbonyl (C=O) groups is 1. The quantitative estimate of drug-likeness (QED) is 0.600. The first-order valence-electron chi connectivity index (χ1n) is 4.33. The van der Waals surface area contributed by atoms with Crippen LogP contribution in [0.1, 0.15) is 6.42 Å². The third-order valence-corrected chi connectivity index (χ3v) is 2.22. The molecule has 2 heterocycles. The van der Waals surface area contributed by atoms with E-state index in [4.69, 9.17) is 6.42 Å². The van der Waals surface area contributed by atoms with Gasteiger partial charge in [-0.15, -0.1) is 12.3 Å². The Kier molecular flexibility index (Phi) is 2.15. The normalized spacial score (nSPS) is 20.9. The minimum atomic E-state index is 0.0164. The molecular weight excluding hydrogens is 178 g/mol. The van der Waals surface area contributed by atoms with Gasteiger partial charge in [-0.1, -0.05) is 0 Å². The number of anilines is 1. The van der Waals surface area contributed by atoms with E-state index in [1.165, 1.54) is 6.33 Å². The van der Waals surface area contributed by atoms with Crippen LogP contribution < -0.4 is 4.90 Å². The van der Waals surface area contributed by atoms with E-state index in [0.717, 1.165) is 5.69 Å². The van der Waals surface area contributed by atoms with Gasteiger partial charge in [0.15, 0.2) is 0 Å². The fourth-order valence-electron chi connectivity index (χ4n) is 1.50. The summed E-state index contributed by atoms with van der Waals surface area (Å²) >= 11 is 0. The molecule has 0 radical (unpaired) electrons. The van der Waals surface area contributed by atoms with Gasteiger partial charge in [0.05, 0.1) is 18.1 Å². The van der Waals surface area contributed by atoms with Gasteiger partial charge in [-0.2, -0.15) is 0 Å². The predicted molar refractivity (Wildman–Crippen MR) is 51.3 cm³/mol. The highest BCUT2D eigenvalue weighted by Gasteiger charge is 2.29. The van der Waals surface area contributed by atoms with Crippen molar-refractivity contribution in [2.24, 2.45) is 5.92 Å². The van der Waals surface area contributed by atoms with Crippen LogP contribution in [0.2, 0.25) is 0 Å². The van der Waals surface area contributed by atoms with Gasteiger partial charge in [-0.3, -0.25) is 4.79 Å². The van der Waals surface area contributed by atoms with Gasteiger partial charge >= 0.3 is 0 Å². The lowest BCUT2D eigenvalue weighted by atomic mass is 10.1. The van der Waals surface area contributed by atoms with Gasteiger partial charge < -0.3 is 4.90 Å². The lowest BCUT2D eigenvalue weighted by Gasteiger charge is -2.13. The van der Waals surface area contributed by atoms with Crippen LogP contribution in [0.15, 0.2) is 18.7 Å². The molecule has 4 heteroatoms. The molecule has 0 N–H and O–H groups in total. The average molecular weight is 187 g/mol. The van der Waals surface area contributed by atoms with Crippen molar-refractivity contribution < 1.29 is 4.79 Å². The van der Waals surface area contributed by atoms with E-state index >= 15 is 0 Å². The highest BCUT2D eigenvalue weighted by atomic mass is 16.2. The fraction of sp³-hybridized carbons (Fsp3) is 0.300. The predicted octanol–water partition coefficient (Wildman–Crippen LogP) is 0.463. The Balaban J connectivity index is 2.22. The van der Waals surface area contributed by atoms with Gasteiger partial charge in [-0.25, -0.2) is 9.97 Å². The van der Waals surface area contributed by atoms with Crippen molar-refractivity contribution in [2.45, 2.75) is 6.42 Å². The van der Waals surface area contributed by atoms with Crippen LogP contribution in [0.3, 0.4) is 0 Å². The highest BCUT2D eigenvalue weighted by molar-refractivity contribution is 5.95. The zero-order valence-corrected chi connectivity index (χ0v) is 7.55. The Hall–Kier alpha value is -1.89. The Morgan fingerprint density at radius 1 is 1.50 bits per heavy atom. The Morgan fingerprint density at radius 2 is 2.21 bits per heavy atom. The molecule has 0 bridgehead atoms. The monoisotopic (exact) mass is 187 g/mol. The lowest BCUT2D eigenvalue weighted by Crippen LogP contribution is -2.24. The van der Waals surface area contributed by atoms with Crippen LogP contribution in [-0.2, 0) is 4.79 Å². The molecule has 1 aromatic heterocycles. The summed E-state index contributed by atoms with van der Waals surface area (Å²) in [5.74, 6) is 2.65. The molecule has 1 fully saturated rings. The molecular formula is C10H9N3O. The van der Waals surface area contributed by atoms with Gasteiger partial charge in [-0.05, 0) is 0 Å². The summed E-state index contributed by atoms with van der Waals surface area (Å²) in [6.07, 6.45) is 10.4. The zero-order chi connectivity index (χ0) is 9.97. The summed E-state index contributed by atoms with van der Waals surface area (Å²) in [6, 6.07) is 0. The first-order valence-corrected chi connectivity index (χ1v) is 4.33. The lowest BCUT2D eigenvalue weighted by molar-refractivity contribution is -0.117. The third kappa shape index (κ3) is 1.44. The van der Waals surface area contributed by atoms with E-state index in [0.29, 0.717) is 13.0 Å². The summed E-state index contributed by atoms with van der Waals surface area (Å²) in [5.41, 5.74) is 0.718. The summed E-state index contributed by atoms with van der Waals surface area (Å²) in [7, 11) is 0. The van der Waals surface area contributed by atoms with Crippen molar-refractivity contribution in [1.82, 2.24) is 9.97 Å². The minimum Gasteiger partial charge on any atom is -0.308 e. The first kappa shape index (κ1) is 8.70. The smallest absolute Gasteiger partial charge is 0.228 e. The molecule has 0 saturated carbocycles. The van der Waals surface area contributed by atoms with Crippen molar-refractivity contribution in [3.8, 4) is 12.3 Å². The number of terminal acetylenes is 1. The molecule has 0 spiro atoms. The van der Waals surface area contributed by atoms with Gasteiger partial charge in [0.1, 0.15) is 6.33 Å². The summed E-state index contributed by atoms with van der Waals surface area (Å²) in [6.45, 7) is 0.572. The number of hydrogen-bond donors (Lipinski definition) is 0. The number of hydrogen-bond acceptors (Lipinski definition) is 3. The molecule has 1 amide bonds. The molecule has 1 aromatic rings. The molecule has 0 aliphatic carbocycles. The first-order chi connectivity index (χ1) is 6.81. The third-order valence-electron chi connectivity index (χ3n) is 2.22. The molecule has 4 nitrogen and oxygen atoms in total. The SMILES string of the molecule is C#CC1CC(=O)N(c2cncnc2)C1. The van der Waals surface area contributed by atoms with Crippen molar-refractivity contribution in [1.29, 1.82) is 0 Å². The maximum atomic E-state index is 11.5. The largest absolute Gasteiger partial charge is 0.308 e. The van der Waals surface area contributed by atoms with E-state index in [2.05, 4.69) is 15.9 Å². The minimum absolute atomic E-state index is 0.0164. The van der Waals surface area contributed by atoms with E-state index in [9.17, 15) is 4.79 Å². The number of aromatic nitrogens is 2. The van der Waals surface area contributed by atoms with Gasteiger partial charge in [0, 0.05) is 18.9 Å². The van der Waals surface area contributed by atoms with Gasteiger partial charge in [0.2, 0.25) is 5.91 Å². The molecule has 1 aliphatic heterocycles. The molecule has 1 atom stereocenters. The second-order valence-electron chi connectivity index (χ2n) is 3.17. The molecule has 0 aromatic carbocycles. The van der Waals surface area contributed by atoms with Crippen LogP contribution >= 0.6 is 0 Å². The second kappa shape index (κ2) is 3.46. The van der Waals surface area contributed by atoms with Crippen LogP contribution in [0, 0.1) is 18.3 Å². The number of amides is 1. The van der Waals surface area contributed by atoms with Crippen LogP contribution in [0.5, 0.6) is 0 Å². The molecule has 2 rings (SSSR count). The number of carbonyl (C=O) groups excluding carboxylic acids is 1. The summed E-state index contributed by atoms with van der Waals surface area (Å²) in [5, 5.41) is 0. The van der Waals surface area contributed by atoms with Crippen LogP contribution in [-0.4, -0.2) is 22.4 Å². The highest BCUT2D eigenvalue weighted by Crippen LogP contribution is 2.22. The molecule has 14 heavy (non-hydrogen) atoms. The van der Waals surface area contributed by atoms with E-state index in [1.807, 2.05) is 0 Å². The summed E-state index contributed by atoms with van der Waals surface area (Å²) in [4.78, 5) is 20.9. The van der Waals surface area contributed by atoms with E-state index in [-0.39, 0.29) is 11.8 Å². The maximum absolute atomic E-state index is 11.5. The molecule has 70 valence electrons. The summed E-state index contributed by atoms with van der Waals surface area (Å²) < 4.78 is 0.